The second-order valence-corrected chi connectivity index (χ2v) is 6.02. The number of esters is 1. The van der Waals surface area contributed by atoms with Crippen LogP contribution in [0.15, 0.2) is 42.5 Å². The molecule has 0 atom stereocenters. The van der Waals surface area contributed by atoms with Crippen LogP contribution in [0, 0.1) is 17.1 Å². The number of nitriles is 1. The first-order valence-electron chi connectivity index (χ1n) is 8.71. The zero-order valence-electron chi connectivity index (χ0n) is 15.1. The van der Waals surface area contributed by atoms with E-state index in [4.69, 9.17) is 9.47 Å². The van der Waals surface area contributed by atoms with E-state index in [1.165, 1.54) is 30.3 Å². The number of hydrogen-bond acceptors (Lipinski definition) is 6. The molecule has 0 spiro atoms. The van der Waals surface area contributed by atoms with Crippen LogP contribution in [0.25, 0.3) is 10.8 Å². The van der Waals surface area contributed by atoms with E-state index in [0.29, 0.717) is 23.3 Å². The number of aromatic nitrogens is 1. The average molecular weight is 380 g/mol. The summed E-state index contributed by atoms with van der Waals surface area (Å²) in [6.45, 7) is 2.15. The third-order valence-electron chi connectivity index (χ3n) is 4.03. The number of carbonyl (C=O) groups is 1. The van der Waals surface area contributed by atoms with Crippen molar-refractivity contribution < 1.29 is 23.8 Å². The number of fused-ring (bicyclic) bond motifs is 1. The fourth-order valence-electron chi connectivity index (χ4n) is 2.59. The van der Waals surface area contributed by atoms with E-state index in [1.54, 1.807) is 12.1 Å². The van der Waals surface area contributed by atoms with Gasteiger partial charge < -0.3 is 14.6 Å². The number of unbranched alkanes of at least 4 members (excludes halogenated alkanes) is 1. The summed E-state index contributed by atoms with van der Waals surface area (Å²) in [6, 6.07) is 12.0. The fraction of sp³-hybridized carbons (Fsp3) is 0.190. The largest absolute Gasteiger partial charge is 0.505 e. The van der Waals surface area contributed by atoms with Crippen LogP contribution in [0.4, 0.5) is 4.39 Å². The van der Waals surface area contributed by atoms with Crippen LogP contribution in [0.3, 0.4) is 0 Å². The maximum absolute atomic E-state index is 13.0. The molecule has 0 radical (unpaired) electrons. The molecule has 1 N–H and O–H groups in total. The SMILES string of the molecule is CCCCOC(=O)c1nc(C#N)c2ccc(Oc3ccc(F)cc3)cc2c1O. The first-order valence-corrected chi connectivity index (χ1v) is 8.71. The van der Waals surface area contributed by atoms with Crippen molar-refractivity contribution in [3.63, 3.8) is 0 Å². The number of benzene rings is 2. The van der Waals surface area contributed by atoms with Gasteiger partial charge in [-0.3, -0.25) is 0 Å². The summed E-state index contributed by atoms with van der Waals surface area (Å²) >= 11 is 0. The van der Waals surface area contributed by atoms with Crippen LogP contribution in [-0.4, -0.2) is 22.7 Å². The Labute approximate surface area is 160 Å². The summed E-state index contributed by atoms with van der Waals surface area (Å²) < 4.78 is 23.8. The number of rotatable bonds is 6. The molecule has 0 unspecified atom stereocenters. The van der Waals surface area contributed by atoms with Gasteiger partial charge in [0.15, 0.2) is 11.4 Å². The van der Waals surface area contributed by atoms with Crippen LogP contribution < -0.4 is 4.74 Å². The minimum absolute atomic E-state index is 0.0106. The highest BCUT2D eigenvalue weighted by Gasteiger charge is 2.21. The number of hydrogen-bond donors (Lipinski definition) is 1. The van der Waals surface area contributed by atoms with Crippen LogP contribution in [-0.2, 0) is 4.74 Å². The molecule has 1 heterocycles. The minimum atomic E-state index is -0.797. The normalized spacial score (nSPS) is 10.5. The van der Waals surface area contributed by atoms with E-state index in [2.05, 4.69) is 4.98 Å². The van der Waals surface area contributed by atoms with Crippen molar-refractivity contribution in [2.45, 2.75) is 19.8 Å². The molecular weight excluding hydrogens is 363 g/mol. The Morgan fingerprint density at radius 3 is 2.57 bits per heavy atom. The zero-order valence-corrected chi connectivity index (χ0v) is 15.1. The van der Waals surface area contributed by atoms with Crippen molar-refractivity contribution in [2.24, 2.45) is 0 Å². The molecule has 7 heteroatoms. The standard InChI is InChI=1S/C21H17FN2O4/c1-2-3-10-27-21(26)19-20(25)17-11-15(8-9-16(17)18(12-23)24-19)28-14-6-4-13(22)5-7-14/h4-9,11,25H,2-3,10H2,1H3. The lowest BCUT2D eigenvalue weighted by atomic mass is 10.1. The third-order valence-corrected chi connectivity index (χ3v) is 4.03. The molecule has 28 heavy (non-hydrogen) atoms. The number of pyridine rings is 1. The molecule has 3 aromatic rings. The van der Waals surface area contributed by atoms with Gasteiger partial charge in [0.2, 0.25) is 0 Å². The second kappa shape index (κ2) is 8.35. The first kappa shape index (κ1) is 19.1. The van der Waals surface area contributed by atoms with E-state index in [0.717, 1.165) is 6.42 Å². The predicted octanol–water partition coefficient (Wildman–Crippen LogP) is 4.70. The highest BCUT2D eigenvalue weighted by atomic mass is 19.1. The summed E-state index contributed by atoms with van der Waals surface area (Å²) in [7, 11) is 0. The Morgan fingerprint density at radius 1 is 1.18 bits per heavy atom. The molecule has 0 aliphatic carbocycles. The van der Waals surface area contributed by atoms with Crippen LogP contribution in [0.5, 0.6) is 17.2 Å². The molecular formula is C21H17FN2O4. The lowest BCUT2D eigenvalue weighted by molar-refractivity contribution is 0.0489. The van der Waals surface area contributed by atoms with E-state index in [9.17, 15) is 19.6 Å². The van der Waals surface area contributed by atoms with Crippen molar-refractivity contribution in [1.82, 2.24) is 4.98 Å². The van der Waals surface area contributed by atoms with Gasteiger partial charge in [-0.25, -0.2) is 14.2 Å². The van der Waals surface area contributed by atoms with Gasteiger partial charge in [0.1, 0.15) is 29.1 Å². The van der Waals surface area contributed by atoms with Crippen molar-refractivity contribution in [2.75, 3.05) is 6.61 Å². The highest BCUT2D eigenvalue weighted by molar-refractivity contribution is 6.01. The Hall–Kier alpha value is -3.66. The van der Waals surface area contributed by atoms with E-state index >= 15 is 0 Å². The number of halogens is 1. The van der Waals surface area contributed by atoms with Crippen LogP contribution in [0.1, 0.15) is 35.9 Å². The molecule has 142 valence electrons. The minimum Gasteiger partial charge on any atom is -0.505 e. The van der Waals surface area contributed by atoms with Gasteiger partial charge in [0.05, 0.1) is 6.61 Å². The molecule has 2 aromatic carbocycles. The molecule has 0 saturated heterocycles. The van der Waals surface area contributed by atoms with Crippen molar-refractivity contribution in [3.05, 3.63) is 59.7 Å². The lowest BCUT2D eigenvalue weighted by Gasteiger charge is -2.11. The molecule has 0 aliphatic heterocycles. The highest BCUT2D eigenvalue weighted by Crippen LogP contribution is 2.34. The summed E-state index contributed by atoms with van der Waals surface area (Å²) in [5, 5.41) is 20.5. The number of carbonyl (C=O) groups excluding carboxylic acids is 1. The van der Waals surface area contributed by atoms with E-state index in [-0.39, 0.29) is 34.9 Å². The van der Waals surface area contributed by atoms with E-state index in [1.807, 2.05) is 13.0 Å². The second-order valence-electron chi connectivity index (χ2n) is 6.02. The maximum atomic E-state index is 13.0. The molecule has 6 nitrogen and oxygen atoms in total. The van der Waals surface area contributed by atoms with Crippen LogP contribution in [0.2, 0.25) is 0 Å². The Bertz CT molecular complexity index is 1060. The summed E-state index contributed by atoms with van der Waals surface area (Å²) in [4.78, 5) is 16.2. The quantitative estimate of drug-likeness (QED) is 0.492. The molecule has 0 aliphatic rings. The number of aromatic hydroxyl groups is 1. The molecule has 1 aromatic heterocycles. The maximum Gasteiger partial charge on any atom is 0.360 e. The van der Waals surface area contributed by atoms with Crippen molar-refractivity contribution >= 4 is 16.7 Å². The molecule has 0 bridgehead atoms. The average Bonchev–Trinajstić information content (AvgIpc) is 2.70. The van der Waals surface area contributed by atoms with Crippen LogP contribution >= 0.6 is 0 Å². The van der Waals surface area contributed by atoms with Gasteiger partial charge in [-0.05, 0) is 48.9 Å². The smallest absolute Gasteiger partial charge is 0.360 e. The van der Waals surface area contributed by atoms with Gasteiger partial charge in [-0.2, -0.15) is 5.26 Å². The lowest BCUT2D eigenvalue weighted by Crippen LogP contribution is -2.10. The topological polar surface area (TPSA) is 92.4 Å². The van der Waals surface area contributed by atoms with Crippen molar-refractivity contribution in [3.8, 4) is 23.3 Å². The van der Waals surface area contributed by atoms with Gasteiger partial charge in [-0.1, -0.05) is 13.3 Å². The molecule has 3 rings (SSSR count). The summed E-state index contributed by atoms with van der Waals surface area (Å²) in [5.74, 6) is -0.836. The predicted molar refractivity (Wildman–Crippen MR) is 99.8 cm³/mol. The van der Waals surface area contributed by atoms with Gasteiger partial charge in [0, 0.05) is 10.8 Å². The number of ether oxygens (including phenoxy) is 2. The van der Waals surface area contributed by atoms with Gasteiger partial charge in [-0.15, -0.1) is 0 Å². The van der Waals surface area contributed by atoms with Crippen molar-refractivity contribution in [1.29, 1.82) is 5.26 Å². The van der Waals surface area contributed by atoms with Gasteiger partial charge >= 0.3 is 5.97 Å². The van der Waals surface area contributed by atoms with E-state index < -0.39 is 5.97 Å². The first-order chi connectivity index (χ1) is 13.5. The molecule has 0 amide bonds. The Kier molecular flexibility index (Phi) is 5.70. The Morgan fingerprint density at radius 2 is 1.89 bits per heavy atom. The summed E-state index contributed by atoms with van der Waals surface area (Å²) in [5.41, 5.74) is -0.331. The summed E-state index contributed by atoms with van der Waals surface area (Å²) in [6.07, 6.45) is 1.53. The zero-order chi connectivity index (χ0) is 20.1. The number of nitrogens with zero attached hydrogens (tertiary/aromatic N) is 2. The van der Waals surface area contributed by atoms with Gasteiger partial charge in [0.25, 0.3) is 0 Å². The molecule has 0 saturated carbocycles. The third kappa shape index (κ3) is 4.01. The Balaban J connectivity index is 2.00. The molecule has 0 fully saturated rings. The monoisotopic (exact) mass is 380 g/mol. The fourth-order valence-corrected chi connectivity index (χ4v) is 2.59.